The second-order valence-corrected chi connectivity index (χ2v) is 4.50. The zero-order valence-corrected chi connectivity index (χ0v) is 14.6. The summed E-state index contributed by atoms with van der Waals surface area (Å²) < 4.78 is 2.07. The van der Waals surface area contributed by atoms with Crippen molar-refractivity contribution in [3.63, 3.8) is 0 Å². The van der Waals surface area contributed by atoms with Crippen LogP contribution in [-0.4, -0.2) is 4.57 Å². The summed E-state index contributed by atoms with van der Waals surface area (Å²) in [6.07, 6.45) is 1.01. The molecule has 0 aliphatic rings. The predicted octanol–water partition coefficient (Wildman–Crippen LogP) is 4.02. The fourth-order valence-electron chi connectivity index (χ4n) is 1.52. The first-order valence-corrected chi connectivity index (χ1v) is 7.20. The van der Waals surface area contributed by atoms with Gasteiger partial charge in [0.05, 0.1) is 0 Å². The van der Waals surface area contributed by atoms with E-state index in [1.807, 2.05) is 33.9 Å². The molecule has 0 atom stereocenters. The Hall–Kier alpha value is 0.169. The van der Waals surface area contributed by atoms with Crippen molar-refractivity contribution in [1.82, 2.24) is 4.57 Å². The minimum Gasteiger partial charge on any atom is -0.418 e. The molecule has 19 heavy (non-hydrogen) atoms. The van der Waals surface area contributed by atoms with Crippen molar-refractivity contribution in [1.29, 1.82) is 0 Å². The average molecular weight is 434 g/mol. The fourth-order valence-corrected chi connectivity index (χ4v) is 2.31. The van der Waals surface area contributed by atoms with E-state index >= 15 is 0 Å². The van der Waals surface area contributed by atoms with E-state index in [2.05, 4.69) is 40.1 Å². The molecule has 0 spiro atoms. The molecule has 2 aromatic rings. The van der Waals surface area contributed by atoms with E-state index in [0.717, 1.165) is 22.6 Å². The van der Waals surface area contributed by atoms with Crippen LogP contribution in [0.2, 0.25) is 0 Å². The Labute approximate surface area is 158 Å². The number of aryl methyl sites for hydroxylation is 2. The molecule has 1 aromatic heterocycles. The van der Waals surface area contributed by atoms with Crippen LogP contribution >= 0.6 is 11.3 Å². The van der Waals surface area contributed by atoms with Crippen LogP contribution in [0.3, 0.4) is 0 Å². The molecular formula is C15H21N2SYb-. The van der Waals surface area contributed by atoms with Crippen LogP contribution in [0.1, 0.15) is 32.0 Å². The molecule has 2 nitrogen and oxygen atoms in total. The molecule has 0 aliphatic heterocycles. The summed E-state index contributed by atoms with van der Waals surface area (Å²) in [7, 11) is 2.02. The second kappa shape index (κ2) is 9.98. The monoisotopic (exact) mass is 435 g/mol. The molecule has 0 saturated heterocycles. The normalized spacial score (nSPS) is 10.5. The van der Waals surface area contributed by atoms with Crippen molar-refractivity contribution >= 4 is 17.0 Å². The molecule has 0 N–H and O–H groups in total. The molecule has 0 aliphatic carbocycles. The summed E-state index contributed by atoms with van der Waals surface area (Å²) >= 11 is 1.56. The third-order valence-electron chi connectivity index (χ3n) is 2.67. The van der Waals surface area contributed by atoms with Crippen LogP contribution in [0.15, 0.2) is 29.3 Å². The van der Waals surface area contributed by atoms with Crippen molar-refractivity contribution in [3.05, 3.63) is 45.7 Å². The van der Waals surface area contributed by atoms with E-state index in [9.17, 15) is 0 Å². The van der Waals surface area contributed by atoms with Gasteiger partial charge in [0.15, 0.2) is 0 Å². The van der Waals surface area contributed by atoms with Gasteiger partial charge in [-0.05, 0) is 32.0 Å². The Kier molecular flexibility index (Phi) is 10.1. The van der Waals surface area contributed by atoms with Gasteiger partial charge in [-0.25, -0.2) is 0 Å². The Bertz CT molecular complexity index is 555. The maximum atomic E-state index is 4.68. The smallest absolute Gasteiger partial charge is 0.0480 e. The van der Waals surface area contributed by atoms with Crippen LogP contribution in [0.5, 0.6) is 0 Å². The molecule has 0 amide bonds. The average Bonchev–Trinajstić information content (AvgIpc) is 2.74. The predicted molar refractivity (Wildman–Crippen MR) is 79.3 cm³/mol. The van der Waals surface area contributed by atoms with Crippen LogP contribution in [0.4, 0.5) is 5.69 Å². The zero-order valence-electron chi connectivity index (χ0n) is 12.1. The van der Waals surface area contributed by atoms with Gasteiger partial charge >= 0.3 is 0 Å². The largest absolute Gasteiger partial charge is 0.418 e. The van der Waals surface area contributed by atoms with E-state index in [0.29, 0.717) is 0 Å². The number of thiazole rings is 1. The van der Waals surface area contributed by atoms with E-state index in [-0.39, 0.29) is 46.9 Å². The van der Waals surface area contributed by atoms with Crippen LogP contribution in [-0.2, 0) is 13.5 Å². The number of aromatic nitrogens is 1. The minimum absolute atomic E-state index is 0. The van der Waals surface area contributed by atoms with Gasteiger partial charge in [0.25, 0.3) is 0 Å². The Balaban J connectivity index is 0.00000103. The number of nitrogens with zero attached hydrogens (tertiary/aromatic N) is 2. The first-order chi connectivity index (χ1) is 8.72. The van der Waals surface area contributed by atoms with Gasteiger partial charge in [0, 0.05) is 57.4 Å². The summed E-state index contributed by atoms with van der Waals surface area (Å²) in [5, 5.41) is 3.21. The number of hydrogen-bond acceptors (Lipinski definition) is 2. The summed E-state index contributed by atoms with van der Waals surface area (Å²) in [5.74, 6) is 0. The van der Waals surface area contributed by atoms with Crippen molar-refractivity contribution in [3.8, 4) is 0 Å². The number of benzene rings is 1. The van der Waals surface area contributed by atoms with E-state index in [4.69, 9.17) is 0 Å². The van der Waals surface area contributed by atoms with Crippen LogP contribution in [0.25, 0.3) is 0 Å². The van der Waals surface area contributed by atoms with Gasteiger partial charge in [0.2, 0.25) is 0 Å². The number of para-hydroxylation sites is 1. The molecule has 1 heterocycles. The molecule has 0 fully saturated rings. The summed E-state index contributed by atoms with van der Waals surface area (Å²) in [5.41, 5.74) is 3.47. The number of hydrogen-bond donors (Lipinski definition) is 0. The van der Waals surface area contributed by atoms with Crippen LogP contribution in [0, 0.1) is 59.2 Å². The summed E-state index contributed by atoms with van der Waals surface area (Å²) in [6.45, 7) is 8.20. The topological polar surface area (TPSA) is 17.3 Å². The summed E-state index contributed by atoms with van der Waals surface area (Å²) in [4.78, 5) is 5.68. The van der Waals surface area contributed by atoms with Gasteiger partial charge in [-0.1, -0.05) is 44.7 Å². The van der Waals surface area contributed by atoms with Gasteiger partial charge in [0.1, 0.15) is 0 Å². The SMILES string of the molecule is CC.CCc1ccccc1N=c1s[c-]c(C)n1C.[Yb]. The second-order valence-electron chi connectivity index (χ2n) is 3.73. The summed E-state index contributed by atoms with van der Waals surface area (Å²) in [6, 6.07) is 8.28. The molecule has 112 valence electrons. The van der Waals surface area contributed by atoms with Crippen LogP contribution < -0.4 is 4.80 Å². The van der Waals surface area contributed by atoms with E-state index in [1.165, 1.54) is 5.56 Å². The molecule has 2 rings (SSSR count). The van der Waals surface area contributed by atoms with Crippen molar-refractivity contribution in [2.75, 3.05) is 0 Å². The maximum Gasteiger partial charge on any atom is 0.0480 e. The molecule has 0 unspecified atom stereocenters. The third-order valence-corrected chi connectivity index (χ3v) is 3.61. The Morgan fingerprint density at radius 1 is 1.26 bits per heavy atom. The van der Waals surface area contributed by atoms with Gasteiger partial charge in [-0.3, -0.25) is 0 Å². The third kappa shape index (κ3) is 5.22. The van der Waals surface area contributed by atoms with Crippen molar-refractivity contribution in [2.45, 2.75) is 34.1 Å². The van der Waals surface area contributed by atoms with Gasteiger partial charge < -0.3 is 20.9 Å². The minimum atomic E-state index is 0. The van der Waals surface area contributed by atoms with E-state index < -0.39 is 0 Å². The quantitative estimate of drug-likeness (QED) is 0.636. The molecule has 0 bridgehead atoms. The molecule has 0 saturated carbocycles. The standard InChI is InChI=1S/C13H15N2S.C2H6.Yb/c1-4-11-7-5-6-8-12(11)14-13-15(3)10(2)9-16-13;1-2;/h5-8H,4H2,1-3H3;1-2H3;/q-1;;. The first kappa shape index (κ1) is 19.2. The van der Waals surface area contributed by atoms with E-state index in [1.54, 1.807) is 11.3 Å². The van der Waals surface area contributed by atoms with Gasteiger partial charge in [-0.2, -0.15) is 5.38 Å². The Morgan fingerprint density at radius 2 is 1.89 bits per heavy atom. The fraction of sp³-hybridized carbons (Fsp3) is 0.400. The molecular weight excluding hydrogens is 413 g/mol. The number of rotatable bonds is 2. The van der Waals surface area contributed by atoms with Gasteiger partial charge in [-0.15, -0.1) is 0 Å². The van der Waals surface area contributed by atoms with Crippen molar-refractivity contribution in [2.24, 2.45) is 12.0 Å². The first-order valence-electron chi connectivity index (χ1n) is 6.39. The maximum absolute atomic E-state index is 4.68. The zero-order chi connectivity index (χ0) is 13.5. The Morgan fingerprint density at radius 3 is 2.42 bits per heavy atom. The molecule has 0 radical (unpaired) electrons. The molecule has 4 heteroatoms. The van der Waals surface area contributed by atoms with Crippen molar-refractivity contribution < 1.29 is 46.9 Å². The molecule has 1 aromatic carbocycles.